The first-order chi connectivity index (χ1) is 9.47. The van der Waals surface area contributed by atoms with Gasteiger partial charge < -0.3 is 29.9 Å². The van der Waals surface area contributed by atoms with Crippen LogP contribution in [0.25, 0.3) is 0 Å². The third-order valence-corrected chi connectivity index (χ3v) is 3.87. The van der Waals surface area contributed by atoms with Crippen molar-refractivity contribution in [1.82, 2.24) is 10.2 Å². The van der Waals surface area contributed by atoms with Crippen LogP contribution in [0.1, 0.15) is 6.92 Å². The number of carboxylic acids is 1. The molecule has 114 valence electrons. The van der Waals surface area contributed by atoms with E-state index in [0.717, 1.165) is 0 Å². The van der Waals surface area contributed by atoms with Gasteiger partial charge in [0.2, 0.25) is 0 Å². The number of aliphatic hydroxyl groups excluding tert-OH is 1. The number of rotatable bonds is 3. The van der Waals surface area contributed by atoms with E-state index in [9.17, 15) is 14.7 Å². The van der Waals surface area contributed by atoms with E-state index >= 15 is 0 Å². The summed E-state index contributed by atoms with van der Waals surface area (Å²) in [5.74, 6) is -0.990. The Balaban J connectivity index is 1.95. The van der Waals surface area contributed by atoms with Crippen molar-refractivity contribution in [3.8, 4) is 0 Å². The maximum Gasteiger partial charge on any atom is 0.317 e. The Bertz CT molecular complexity index is 390. The fourth-order valence-corrected chi connectivity index (χ4v) is 2.34. The highest BCUT2D eigenvalue weighted by molar-refractivity contribution is 5.79. The highest BCUT2D eigenvalue weighted by Crippen LogP contribution is 2.28. The minimum atomic E-state index is -1.11. The number of carboxylic acid groups (broad SMARTS) is 1. The number of morpholine rings is 1. The Morgan fingerprint density at radius 3 is 2.90 bits per heavy atom. The van der Waals surface area contributed by atoms with Crippen molar-refractivity contribution in [1.29, 1.82) is 0 Å². The van der Waals surface area contributed by atoms with E-state index < -0.39 is 17.4 Å². The highest BCUT2D eigenvalue weighted by atomic mass is 16.5. The number of carbonyl (C=O) groups excluding carboxylic acids is 1. The molecule has 0 saturated carbocycles. The minimum absolute atomic E-state index is 0.0790. The van der Waals surface area contributed by atoms with Crippen molar-refractivity contribution < 1.29 is 29.3 Å². The molecule has 2 aliphatic rings. The second-order valence-electron chi connectivity index (χ2n) is 5.36. The number of hydrogen-bond donors (Lipinski definition) is 3. The summed E-state index contributed by atoms with van der Waals surface area (Å²) in [7, 11) is 0. The molecule has 0 bridgehead atoms. The molecule has 3 N–H and O–H groups in total. The van der Waals surface area contributed by atoms with E-state index in [1.807, 2.05) is 0 Å². The Morgan fingerprint density at radius 1 is 1.50 bits per heavy atom. The number of urea groups is 1. The topological polar surface area (TPSA) is 108 Å². The lowest BCUT2D eigenvalue weighted by Crippen LogP contribution is -2.56. The largest absolute Gasteiger partial charge is 0.481 e. The van der Waals surface area contributed by atoms with E-state index in [2.05, 4.69) is 5.32 Å². The number of amides is 2. The number of carbonyl (C=O) groups is 2. The molecule has 2 saturated heterocycles. The molecule has 20 heavy (non-hydrogen) atoms. The van der Waals surface area contributed by atoms with E-state index in [-0.39, 0.29) is 32.0 Å². The molecule has 2 aliphatic heterocycles. The zero-order valence-electron chi connectivity index (χ0n) is 11.4. The molecule has 0 aromatic carbocycles. The third kappa shape index (κ3) is 2.87. The molecule has 2 heterocycles. The average molecular weight is 288 g/mol. The van der Waals surface area contributed by atoms with Crippen LogP contribution in [0.15, 0.2) is 0 Å². The van der Waals surface area contributed by atoms with Crippen LogP contribution in [-0.2, 0) is 14.3 Å². The molecule has 2 fully saturated rings. The predicted molar refractivity (Wildman–Crippen MR) is 67.3 cm³/mol. The predicted octanol–water partition coefficient (Wildman–Crippen LogP) is -1.12. The van der Waals surface area contributed by atoms with Crippen molar-refractivity contribution in [2.45, 2.75) is 19.1 Å². The van der Waals surface area contributed by atoms with Crippen LogP contribution in [0.2, 0.25) is 0 Å². The molecule has 3 atom stereocenters. The number of aliphatic carboxylic acids is 1. The van der Waals surface area contributed by atoms with Gasteiger partial charge in [-0.15, -0.1) is 0 Å². The summed E-state index contributed by atoms with van der Waals surface area (Å²) in [6.45, 7) is 2.74. The van der Waals surface area contributed by atoms with Crippen LogP contribution in [0, 0.1) is 5.41 Å². The fraction of sp³-hybridized carbons (Fsp3) is 0.833. The number of ether oxygens (including phenoxy) is 2. The van der Waals surface area contributed by atoms with E-state index in [0.29, 0.717) is 19.7 Å². The monoisotopic (exact) mass is 288 g/mol. The standard InChI is InChI=1S/C12H20N2O6/c1-12(10(16)17)7-19-6-9(12)13-11(18)14-2-3-20-8(4-14)5-15/h8-9,15H,2-7H2,1H3,(H,13,18)(H,16,17). The number of hydrogen-bond acceptors (Lipinski definition) is 5. The van der Waals surface area contributed by atoms with Gasteiger partial charge in [0.25, 0.3) is 0 Å². The summed E-state index contributed by atoms with van der Waals surface area (Å²) < 4.78 is 10.5. The van der Waals surface area contributed by atoms with Crippen LogP contribution in [0.4, 0.5) is 4.79 Å². The Kier molecular flexibility index (Phi) is 4.46. The Labute approximate surface area is 116 Å². The van der Waals surface area contributed by atoms with Crippen LogP contribution in [-0.4, -0.2) is 78.8 Å². The number of nitrogens with zero attached hydrogens (tertiary/aromatic N) is 1. The van der Waals surface area contributed by atoms with Crippen LogP contribution < -0.4 is 5.32 Å². The zero-order valence-corrected chi connectivity index (χ0v) is 11.4. The van der Waals surface area contributed by atoms with E-state index in [1.165, 1.54) is 4.90 Å². The number of nitrogens with one attached hydrogen (secondary N) is 1. The quantitative estimate of drug-likeness (QED) is 0.607. The lowest BCUT2D eigenvalue weighted by atomic mass is 9.85. The van der Waals surface area contributed by atoms with Crippen molar-refractivity contribution in [3.05, 3.63) is 0 Å². The van der Waals surface area contributed by atoms with Gasteiger partial charge in [0, 0.05) is 6.54 Å². The lowest BCUT2D eigenvalue weighted by Gasteiger charge is -2.34. The molecule has 8 heteroatoms. The van der Waals surface area contributed by atoms with Gasteiger partial charge in [-0.2, -0.15) is 0 Å². The number of aliphatic hydroxyl groups is 1. The van der Waals surface area contributed by atoms with Crippen LogP contribution in [0.3, 0.4) is 0 Å². The van der Waals surface area contributed by atoms with Gasteiger partial charge in [0.15, 0.2) is 0 Å². The Hall–Kier alpha value is -1.38. The van der Waals surface area contributed by atoms with Gasteiger partial charge in [0.1, 0.15) is 5.41 Å². The molecule has 2 rings (SSSR count). The summed E-state index contributed by atoms with van der Waals surface area (Å²) in [4.78, 5) is 25.0. The molecule has 0 aliphatic carbocycles. The van der Waals surface area contributed by atoms with Gasteiger partial charge in [-0.1, -0.05) is 0 Å². The summed E-state index contributed by atoms with van der Waals surface area (Å²) in [5, 5.41) is 21.0. The van der Waals surface area contributed by atoms with E-state index in [4.69, 9.17) is 14.6 Å². The molecular formula is C12H20N2O6. The maximum atomic E-state index is 12.2. The second kappa shape index (κ2) is 5.94. The molecule has 0 aromatic heterocycles. The normalized spacial score (nSPS) is 34.0. The lowest BCUT2D eigenvalue weighted by molar-refractivity contribution is -0.148. The summed E-state index contributed by atoms with van der Waals surface area (Å²) in [6, 6.07) is -0.919. The molecule has 8 nitrogen and oxygen atoms in total. The second-order valence-corrected chi connectivity index (χ2v) is 5.36. The van der Waals surface area contributed by atoms with Crippen molar-refractivity contribution in [2.75, 3.05) is 39.5 Å². The van der Waals surface area contributed by atoms with E-state index in [1.54, 1.807) is 6.92 Å². The van der Waals surface area contributed by atoms with Crippen molar-refractivity contribution >= 4 is 12.0 Å². The zero-order chi connectivity index (χ0) is 14.8. The minimum Gasteiger partial charge on any atom is -0.481 e. The van der Waals surface area contributed by atoms with Crippen molar-refractivity contribution in [2.24, 2.45) is 5.41 Å². The summed E-state index contributed by atoms with van der Waals surface area (Å²) in [6.07, 6.45) is -0.389. The van der Waals surface area contributed by atoms with Crippen molar-refractivity contribution in [3.63, 3.8) is 0 Å². The smallest absolute Gasteiger partial charge is 0.317 e. The molecule has 3 unspecified atom stereocenters. The molecule has 0 aromatic rings. The van der Waals surface area contributed by atoms with Gasteiger partial charge in [-0.25, -0.2) is 4.79 Å². The highest BCUT2D eigenvalue weighted by Gasteiger charge is 2.47. The van der Waals surface area contributed by atoms with Gasteiger partial charge in [-0.3, -0.25) is 4.79 Å². The first kappa shape index (κ1) is 15.0. The van der Waals surface area contributed by atoms with Crippen LogP contribution >= 0.6 is 0 Å². The molecule has 0 radical (unpaired) electrons. The van der Waals surface area contributed by atoms with Gasteiger partial charge in [-0.05, 0) is 6.92 Å². The Morgan fingerprint density at radius 2 is 2.25 bits per heavy atom. The first-order valence-corrected chi connectivity index (χ1v) is 6.56. The molecular weight excluding hydrogens is 268 g/mol. The average Bonchev–Trinajstić information content (AvgIpc) is 2.81. The first-order valence-electron chi connectivity index (χ1n) is 6.56. The SMILES string of the molecule is CC1(C(=O)O)COCC1NC(=O)N1CCOC(CO)C1. The molecule has 0 spiro atoms. The van der Waals surface area contributed by atoms with Crippen LogP contribution in [0.5, 0.6) is 0 Å². The summed E-state index contributed by atoms with van der Waals surface area (Å²) in [5.41, 5.74) is -1.11. The summed E-state index contributed by atoms with van der Waals surface area (Å²) >= 11 is 0. The maximum absolute atomic E-state index is 12.2. The van der Waals surface area contributed by atoms with Gasteiger partial charge >= 0.3 is 12.0 Å². The van der Waals surface area contributed by atoms with Gasteiger partial charge in [0.05, 0.1) is 45.1 Å². The third-order valence-electron chi connectivity index (χ3n) is 3.87. The fourth-order valence-electron chi connectivity index (χ4n) is 2.34. The molecule has 2 amide bonds.